The molecule has 0 aliphatic heterocycles. The van der Waals surface area contributed by atoms with E-state index in [9.17, 15) is 14.7 Å². The number of rotatable bonds is 6. The van der Waals surface area contributed by atoms with Crippen LogP contribution >= 0.6 is 11.6 Å². The number of alkyl carbamates (subject to hydrolysis) is 1. The number of aldehydes is 1. The molecule has 2 aromatic heterocycles. The first-order chi connectivity index (χ1) is 15.1. The summed E-state index contributed by atoms with van der Waals surface area (Å²) in [5.41, 5.74) is 0.787. The van der Waals surface area contributed by atoms with Gasteiger partial charge < -0.3 is 24.7 Å². The number of amides is 1. The molecular weight excluding hydrogens is 434 g/mol. The van der Waals surface area contributed by atoms with E-state index in [-0.39, 0.29) is 17.0 Å². The molecule has 0 saturated heterocycles. The van der Waals surface area contributed by atoms with Gasteiger partial charge in [-0.3, -0.25) is 4.98 Å². The monoisotopic (exact) mass is 463 g/mol. The van der Waals surface area contributed by atoms with E-state index in [0.717, 1.165) is 6.29 Å². The minimum atomic E-state index is -1.13. The van der Waals surface area contributed by atoms with Crippen molar-refractivity contribution >= 4 is 35.0 Å². The van der Waals surface area contributed by atoms with Crippen molar-refractivity contribution in [3.8, 4) is 5.88 Å². The second-order valence-electron chi connectivity index (χ2n) is 9.16. The van der Waals surface area contributed by atoms with Crippen LogP contribution in [-0.2, 0) is 9.53 Å². The standard InChI is InChI=1S/C23H30ClN3O5/c1-23(2,3)32-22(30)26-14-7-5-13(6-8-14)15(12-28)21(29)19-16(24)11-25-17-9-10-18(31-4)27-20(17)19/h9-15,21,29H,5-8H2,1-4H3,(H,26,30). The van der Waals surface area contributed by atoms with E-state index < -0.39 is 23.7 Å². The molecule has 1 aliphatic rings. The first kappa shape index (κ1) is 24.2. The number of methoxy groups -OCH3 is 1. The molecular formula is C23H30ClN3O5. The van der Waals surface area contributed by atoms with Crippen LogP contribution in [0.4, 0.5) is 4.79 Å². The Morgan fingerprint density at radius 2 is 1.97 bits per heavy atom. The van der Waals surface area contributed by atoms with Gasteiger partial charge in [-0.15, -0.1) is 0 Å². The number of aliphatic hydroxyl groups is 1. The van der Waals surface area contributed by atoms with E-state index in [1.54, 1.807) is 12.1 Å². The first-order valence-electron chi connectivity index (χ1n) is 10.7. The van der Waals surface area contributed by atoms with E-state index in [0.29, 0.717) is 48.2 Å². The number of carbonyl (C=O) groups excluding carboxylic acids is 2. The van der Waals surface area contributed by atoms with E-state index in [1.807, 2.05) is 20.8 Å². The zero-order valence-electron chi connectivity index (χ0n) is 18.8. The van der Waals surface area contributed by atoms with Gasteiger partial charge in [-0.1, -0.05) is 11.6 Å². The Labute approximate surface area is 192 Å². The molecule has 0 aromatic carbocycles. The van der Waals surface area contributed by atoms with Crippen molar-refractivity contribution in [1.82, 2.24) is 15.3 Å². The van der Waals surface area contributed by atoms with Gasteiger partial charge in [-0.2, -0.15) is 0 Å². The topological polar surface area (TPSA) is 111 Å². The highest BCUT2D eigenvalue weighted by Gasteiger charge is 2.35. The summed E-state index contributed by atoms with van der Waals surface area (Å²) in [7, 11) is 1.50. The van der Waals surface area contributed by atoms with Crippen molar-refractivity contribution in [2.24, 2.45) is 11.8 Å². The summed E-state index contributed by atoms with van der Waals surface area (Å²) >= 11 is 6.39. The Morgan fingerprint density at radius 3 is 2.56 bits per heavy atom. The molecule has 0 radical (unpaired) electrons. The van der Waals surface area contributed by atoms with Gasteiger partial charge in [0.2, 0.25) is 5.88 Å². The minimum absolute atomic E-state index is 0.0261. The lowest BCUT2D eigenvalue weighted by Crippen LogP contribution is -2.42. The number of carbonyl (C=O) groups is 2. The van der Waals surface area contributed by atoms with Gasteiger partial charge in [0, 0.05) is 29.8 Å². The molecule has 174 valence electrons. The Hall–Kier alpha value is -2.45. The van der Waals surface area contributed by atoms with Gasteiger partial charge in [0.1, 0.15) is 17.4 Å². The SMILES string of the molecule is COc1ccc2ncc(Cl)c(C(O)C(C=O)C3CCC(NC(=O)OC(C)(C)C)CC3)c2n1. The van der Waals surface area contributed by atoms with Gasteiger partial charge in [0.05, 0.1) is 23.8 Å². The average Bonchev–Trinajstić information content (AvgIpc) is 2.73. The van der Waals surface area contributed by atoms with Gasteiger partial charge in [0.15, 0.2) is 0 Å². The summed E-state index contributed by atoms with van der Waals surface area (Å²) in [5.74, 6) is -0.343. The minimum Gasteiger partial charge on any atom is -0.481 e. The number of nitrogens with one attached hydrogen (secondary N) is 1. The molecule has 2 heterocycles. The molecule has 32 heavy (non-hydrogen) atoms. The second kappa shape index (κ2) is 10.0. The predicted molar refractivity (Wildman–Crippen MR) is 121 cm³/mol. The number of halogens is 1. The number of ether oxygens (including phenoxy) is 2. The Bertz CT molecular complexity index is 970. The van der Waals surface area contributed by atoms with Crippen LogP contribution in [0.1, 0.15) is 58.1 Å². The number of aliphatic hydroxyl groups excluding tert-OH is 1. The lowest BCUT2D eigenvalue weighted by molar-refractivity contribution is -0.117. The van der Waals surface area contributed by atoms with Gasteiger partial charge in [-0.05, 0) is 58.4 Å². The van der Waals surface area contributed by atoms with Crippen molar-refractivity contribution in [1.29, 1.82) is 0 Å². The molecule has 2 aromatic rings. The van der Waals surface area contributed by atoms with Crippen molar-refractivity contribution in [2.75, 3.05) is 7.11 Å². The van der Waals surface area contributed by atoms with Crippen LogP contribution in [0.3, 0.4) is 0 Å². The first-order valence-corrected chi connectivity index (χ1v) is 11.1. The summed E-state index contributed by atoms with van der Waals surface area (Å²) in [6, 6.07) is 3.38. The second-order valence-corrected chi connectivity index (χ2v) is 9.56. The summed E-state index contributed by atoms with van der Waals surface area (Å²) in [5, 5.41) is 14.3. The molecule has 2 unspecified atom stereocenters. The number of aromatic nitrogens is 2. The van der Waals surface area contributed by atoms with Crippen LogP contribution in [0.15, 0.2) is 18.3 Å². The van der Waals surface area contributed by atoms with Crippen LogP contribution in [0.25, 0.3) is 11.0 Å². The zero-order chi connectivity index (χ0) is 23.5. The van der Waals surface area contributed by atoms with Crippen molar-refractivity contribution in [3.05, 3.63) is 28.9 Å². The number of hydrogen-bond donors (Lipinski definition) is 2. The lowest BCUT2D eigenvalue weighted by Gasteiger charge is -2.34. The van der Waals surface area contributed by atoms with Crippen LogP contribution in [-0.4, -0.2) is 46.2 Å². The fraction of sp³-hybridized carbons (Fsp3) is 0.565. The number of hydrogen-bond acceptors (Lipinski definition) is 7. The lowest BCUT2D eigenvalue weighted by atomic mass is 9.75. The maximum atomic E-state index is 12.1. The van der Waals surface area contributed by atoms with E-state index in [2.05, 4.69) is 15.3 Å². The quantitative estimate of drug-likeness (QED) is 0.617. The van der Waals surface area contributed by atoms with Crippen LogP contribution < -0.4 is 10.1 Å². The maximum absolute atomic E-state index is 12.1. The molecule has 1 amide bonds. The van der Waals surface area contributed by atoms with E-state index in [1.165, 1.54) is 13.3 Å². The Kier molecular flexibility index (Phi) is 7.56. The van der Waals surface area contributed by atoms with Crippen molar-refractivity contribution < 1.29 is 24.2 Å². The highest BCUT2D eigenvalue weighted by Crippen LogP contribution is 2.40. The van der Waals surface area contributed by atoms with Gasteiger partial charge in [-0.25, -0.2) is 9.78 Å². The van der Waals surface area contributed by atoms with Gasteiger partial charge in [0.25, 0.3) is 0 Å². The normalized spacial score (nSPS) is 20.9. The van der Waals surface area contributed by atoms with E-state index >= 15 is 0 Å². The van der Waals surface area contributed by atoms with E-state index in [4.69, 9.17) is 21.1 Å². The van der Waals surface area contributed by atoms with Crippen molar-refractivity contribution in [2.45, 2.75) is 64.2 Å². The fourth-order valence-corrected chi connectivity index (χ4v) is 4.45. The molecule has 1 saturated carbocycles. The van der Waals surface area contributed by atoms with Crippen LogP contribution in [0.2, 0.25) is 5.02 Å². The summed E-state index contributed by atoms with van der Waals surface area (Å²) in [4.78, 5) is 32.8. The maximum Gasteiger partial charge on any atom is 0.407 e. The number of nitrogens with zero attached hydrogens (tertiary/aromatic N) is 2. The Morgan fingerprint density at radius 1 is 1.28 bits per heavy atom. The van der Waals surface area contributed by atoms with Crippen LogP contribution in [0, 0.1) is 11.8 Å². The molecule has 3 rings (SSSR count). The smallest absolute Gasteiger partial charge is 0.407 e. The molecule has 8 nitrogen and oxygen atoms in total. The average molecular weight is 464 g/mol. The number of fused-ring (bicyclic) bond motifs is 1. The third-order valence-electron chi connectivity index (χ3n) is 5.74. The highest BCUT2D eigenvalue weighted by atomic mass is 35.5. The molecule has 1 fully saturated rings. The van der Waals surface area contributed by atoms with Crippen molar-refractivity contribution in [3.63, 3.8) is 0 Å². The third kappa shape index (κ3) is 5.66. The molecule has 2 atom stereocenters. The summed E-state index contributed by atoms with van der Waals surface area (Å²) in [6.07, 6.45) is 3.42. The number of pyridine rings is 2. The summed E-state index contributed by atoms with van der Waals surface area (Å²) < 4.78 is 10.5. The highest BCUT2D eigenvalue weighted by molar-refractivity contribution is 6.32. The molecule has 2 N–H and O–H groups in total. The molecule has 0 spiro atoms. The predicted octanol–water partition coefficient (Wildman–Crippen LogP) is 4.22. The molecule has 1 aliphatic carbocycles. The molecule has 9 heteroatoms. The fourth-order valence-electron chi connectivity index (χ4n) is 4.20. The van der Waals surface area contributed by atoms with Crippen LogP contribution in [0.5, 0.6) is 5.88 Å². The zero-order valence-corrected chi connectivity index (χ0v) is 19.6. The molecule has 0 bridgehead atoms. The third-order valence-corrected chi connectivity index (χ3v) is 6.04. The summed E-state index contributed by atoms with van der Waals surface area (Å²) in [6.45, 7) is 5.45. The van der Waals surface area contributed by atoms with Gasteiger partial charge >= 0.3 is 6.09 Å². The Balaban J connectivity index is 1.74. The largest absolute Gasteiger partial charge is 0.481 e.